The van der Waals surface area contributed by atoms with Gasteiger partial charge >= 0.3 is 11.9 Å². The number of unbranched alkanes of at least 4 members (excludes halogenated alkanes) is 19. The predicted molar refractivity (Wildman–Crippen MR) is 228 cm³/mol. The molecule has 2 unspecified atom stereocenters. The van der Waals surface area contributed by atoms with Crippen LogP contribution in [-0.4, -0.2) is 96.0 Å². The van der Waals surface area contributed by atoms with Crippen LogP contribution in [0.25, 0.3) is 0 Å². The van der Waals surface area contributed by atoms with Crippen LogP contribution in [0.15, 0.2) is 42.2 Å². The van der Waals surface area contributed by atoms with Crippen LogP contribution in [0.3, 0.4) is 0 Å². The summed E-state index contributed by atoms with van der Waals surface area (Å²) in [5.41, 5.74) is 3.28. The SMILES string of the molecule is CCCCCC/C=C/C=C/CCCCCCCC(=O)O[C@H](COC(=O)CCCCCCCC=C=CCCCCCCC)CO[C@H]1O[C@H](CS(=O)(=O)O)[C@@H](O)C(O)C1O. The molecule has 336 valence electrons. The van der Waals surface area contributed by atoms with Gasteiger partial charge in [-0.3, -0.25) is 14.1 Å². The number of carbonyl (C=O) groups excluding carboxylic acids is 2. The zero-order chi connectivity index (χ0) is 42.7. The van der Waals surface area contributed by atoms with Gasteiger partial charge in [0.15, 0.2) is 12.4 Å². The van der Waals surface area contributed by atoms with Gasteiger partial charge in [-0.25, -0.2) is 0 Å². The molecule has 0 aliphatic carbocycles. The van der Waals surface area contributed by atoms with Crippen LogP contribution in [0.1, 0.15) is 174 Å². The summed E-state index contributed by atoms with van der Waals surface area (Å²) < 4.78 is 54.0. The van der Waals surface area contributed by atoms with Crippen LogP contribution in [0, 0.1) is 0 Å². The van der Waals surface area contributed by atoms with E-state index in [4.69, 9.17) is 18.9 Å². The lowest BCUT2D eigenvalue weighted by molar-refractivity contribution is -0.297. The van der Waals surface area contributed by atoms with Gasteiger partial charge in [0.1, 0.15) is 36.8 Å². The Morgan fingerprint density at radius 2 is 1.12 bits per heavy atom. The number of allylic oxidation sites excluding steroid dienone is 5. The zero-order valence-electron chi connectivity index (χ0n) is 35.7. The molecule has 4 N–H and O–H groups in total. The lowest BCUT2D eigenvalue weighted by atomic mass is 10.00. The molecule has 0 spiro atoms. The largest absolute Gasteiger partial charge is 0.462 e. The molecule has 58 heavy (non-hydrogen) atoms. The zero-order valence-corrected chi connectivity index (χ0v) is 36.5. The van der Waals surface area contributed by atoms with Gasteiger partial charge in [0.05, 0.1) is 6.61 Å². The van der Waals surface area contributed by atoms with Crippen molar-refractivity contribution in [3.05, 3.63) is 42.2 Å². The molecule has 1 rings (SSSR count). The number of aliphatic hydroxyl groups excluding tert-OH is 3. The molecule has 0 amide bonds. The number of rotatable bonds is 36. The summed E-state index contributed by atoms with van der Waals surface area (Å²) in [5.74, 6) is -2.03. The molecule has 1 aliphatic rings. The summed E-state index contributed by atoms with van der Waals surface area (Å²) in [4.78, 5) is 25.4. The van der Waals surface area contributed by atoms with E-state index in [0.29, 0.717) is 12.8 Å². The molecule has 0 aromatic carbocycles. The molecule has 1 saturated heterocycles. The van der Waals surface area contributed by atoms with E-state index in [-0.39, 0.29) is 19.4 Å². The van der Waals surface area contributed by atoms with E-state index in [2.05, 4.69) is 56.0 Å². The lowest BCUT2D eigenvalue weighted by Gasteiger charge is -2.40. The Morgan fingerprint density at radius 1 is 0.638 bits per heavy atom. The van der Waals surface area contributed by atoms with E-state index in [1.54, 1.807) is 0 Å². The Balaban J connectivity index is 2.49. The molecular formula is C45H78O12S. The highest BCUT2D eigenvalue weighted by atomic mass is 32.2. The Morgan fingerprint density at radius 3 is 1.67 bits per heavy atom. The molecule has 13 heteroatoms. The minimum Gasteiger partial charge on any atom is -0.462 e. The third-order valence-electron chi connectivity index (χ3n) is 9.99. The summed E-state index contributed by atoms with van der Waals surface area (Å²) in [6.07, 6.45) is 28.2. The Bertz CT molecular complexity index is 1280. The fourth-order valence-corrected chi connectivity index (χ4v) is 7.16. The fraction of sp³-hybridized carbons (Fsp3) is 0.800. The third kappa shape index (κ3) is 29.8. The van der Waals surface area contributed by atoms with Crippen molar-refractivity contribution < 1.29 is 56.8 Å². The molecule has 0 saturated carbocycles. The maximum atomic E-state index is 12.8. The van der Waals surface area contributed by atoms with Crippen LogP contribution < -0.4 is 0 Å². The van der Waals surface area contributed by atoms with Gasteiger partial charge < -0.3 is 34.3 Å². The van der Waals surface area contributed by atoms with Gasteiger partial charge in [-0.05, 0) is 76.4 Å². The quantitative estimate of drug-likeness (QED) is 0.0155. The molecule has 0 aromatic heterocycles. The van der Waals surface area contributed by atoms with E-state index in [1.807, 2.05) is 0 Å². The molecule has 0 aromatic rings. The first-order valence-electron chi connectivity index (χ1n) is 22.3. The van der Waals surface area contributed by atoms with Crippen molar-refractivity contribution in [1.82, 2.24) is 0 Å². The van der Waals surface area contributed by atoms with Gasteiger partial charge in [0.25, 0.3) is 10.1 Å². The summed E-state index contributed by atoms with van der Waals surface area (Å²) in [6, 6.07) is 0. The number of hydrogen-bond donors (Lipinski definition) is 4. The number of ether oxygens (including phenoxy) is 4. The van der Waals surface area contributed by atoms with Gasteiger partial charge in [-0.1, -0.05) is 122 Å². The van der Waals surface area contributed by atoms with Gasteiger partial charge in [-0.2, -0.15) is 8.42 Å². The summed E-state index contributed by atoms with van der Waals surface area (Å²) in [6.45, 7) is 3.68. The monoisotopic (exact) mass is 843 g/mol. The predicted octanol–water partition coefficient (Wildman–Crippen LogP) is 8.77. The standard InChI is InChI=1S/C45H78O12S/c1-3-5-7-9-11-13-15-17-19-21-23-25-27-29-31-33-40(46)54-35-38(36-55-45-44(50)43(49)42(48)39(57-45)37-58(51,52)53)56-41(47)34-32-30-28-26-24-22-20-18-16-14-12-10-8-6-4-2/h14-16,18-20,38-39,42-45,48-50H,3-13,21-37H2,1-2H3,(H,51,52,53)/b16-14+,20-18+/t17?,38-,39-,42-,43?,44?,45+/m1/s1. The number of hydrogen-bond acceptors (Lipinski definition) is 11. The highest BCUT2D eigenvalue weighted by molar-refractivity contribution is 7.85. The van der Waals surface area contributed by atoms with Crippen LogP contribution in [0.2, 0.25) is 0 Å². The van der Waals surface area contributed by atoms with Crippen LogP contribution in [0.4, 0.5) is 0 Å². The van der Waals surface area contributed by atoms with Crippen molar-refractivity contribution in [2.75, 3.05) is 19.0 Å². The molecule has 1 fully saturated rings. The number of carbonyl (C=O) groups is 2. The lowest BCUT2D eigenvalue weighted by Crippen LogP contribution is -2.60. The first-order valence-corrected chi connectivity index (χ1v) is 23.9. The van der Waals surface area contributed by atoms with Crippen LogP contribution in [0.5, 0.6) is 0 Å². The van der Waals surface area contributed by atoms with E-state index >= 15 is 0 Å². The number of esters is 2. The van der Waals surface area contributed by atoms with Crippen molar-refractivity contribution in [3.8, 4) is 0 Å². The molecule has 0 bridgehead atoms. The average molecular weight is 843 g/mol. The normalized spacial score (nSPS) is 20.3. The first kappa shape index (κ1) is 53.7. The van der Waals surface area contributed by atoms with Crippen molar-refractivity contribution in [2.24, 2.45) is 0 Å². The van der Waals surface area contributed by atoms with Crippen molar-refractivity contribution in [2.45, 2.75) is 211 Å². The molecular weight excluding hydrogens is 765 g/mol. The molecule has 1 aliphatic heterocycles. The highest BCUT2D eigenvalue weighted by Gasteiger charge is 2.46. The molecule has 1 heterocycles. The highest BCUT2D eigenvalue weighted by Crippen LogP contribution is 2.24. The van der Waals surface area contributed by atoms with E-state index < -0.39 is 71.2 Å². The second-order valence-corrected chi connectivity index (χ2v) is 17.0. The third-order valence-corrected chi connectivity index (χ3v) is 10.7. The van der Waals surface area contributed by atoms with Crippen molar-refractivity contribution in [3.63, 3.8) is 0 Å². The second kappa shape index (κ2) is 35.4. The summed E-state index contributed by atoms with van der Waals surface area (Å²) >= 11 is 0. The van der Waals surface area contributed by atoms with Crippen LogP contribution >= 0.6 is 0 Å². The Labute approximate surface area is 350 Å². The van der Waals surface area contributed by atoms with E-state index in [0.717, 1.165) is 77.0 Å². The Hall–Kier alpha value is -2.35. The van der Waals surface area contributed by atoms with Gasteiger partial charge in [0.2, 0.25) is 0 Å². The smallest absolute Gasteiger partial charge is 0.306 e. The minimum absolute atomic E-state index is 0.141. The average Bonchev–Trinajstić information content (AvgIpc) is 3.18. The van der Waals surface area contributed by atoms with Crippen molar-refractivity contribution >= 4 is 22.1 Å². The molecule has 0 radical (unpaired) electrons. The van der Waals surface area contributed by atoms with Crippen molar-refractivity contribution in [1.29, 1.82) is 0 Å². The van der Waals surface area contributed by atoms with Gasteiger partial charge in [-0.15, -0.1) is 5.73 Å². The van der Waals surface area contributed by atoms with Gasteiger partial charge in [0, 0.05) is 12.8 Å². The van der Waals surface area contributed by atoms with Crippen LogP contribution in [-0.2, 0) is 38.7 Å². The fourth-order valence-electron chi connectivity index (χ4n) is 6.47. The first-order chi connectivity index (χ1) is 28.0. The molecule has 6 atom stereocenters. The minimum atomic E-state index is -4.61. The molecule has 12 nitrogen and oxygen atoms in total. The summed E-state index contributed by atoms with van der Waals surface area (Å²) in [5, 5.41) is 30.8. The van der Waals surface area contributed by atoms with E-state index in [1.165, 1.54) is 57.8 Å². The maximum Gasteiger partial charge on any atom is 0.306 e. The summed E-state index contributed by atoms with van der Waals surface area (Å²) in [7, 11) is -4.61. The maximum absolute atomic E-state index is 12.8. The topological polar surface area (TPSA) is 186 Å². The Kier molecular flexibility index (Phi) is 32.8. The van der Waals surface area contributed by atoms with E-state index in [9.17, 15) is 37.9 Å². The number of aliphatic hydroxyl groups is 3. The second-order valence-electron chi connectivity index (χ2n) is 15.5.